The number of ether oxygens (including phenoxy) is 1. The van der Waals surface area contributed by atoms with E-state index in [1.807, 2.05) is 35.2 Å². The van der Waals surface area contributed by atoms with Crippen molar-refractivity contribution in [1.82, 2.24) is 5.32 Å². The fraction of sp³-hybridized carbons (Fsp3) is 0.143. The first-order valence-electron chi connectivity index (χ1n) is 5.66. The quantitative estimate of drug-likeness (QED) is 0.824. The van der Waals surface area contributed by atoms with Gasteiger partial charge in [0.1, 0.15) is 5.75 Å². The molecule has 1 heterocycles. The number of benzene rings is 1. The van der Waals surface area contributed by atoms with Gasteiger partial charge in [0.2, 0.25) is 6.67 Å². The van der Waals surface area contributed by atoms with Gasteiger partial charge in [-0.1, -0.05) is 6.07 Å². The number of amides is 1. The monoisotopic (exact) mass is 243 g/mol. The van der Waals surface area contributed by atoms with E-state index in [1.54, 1.807) is 31.4 Å². The number of aromatic nitrogens is 1. The molecule has 0 atom stereocenters. The highest BCUT2D eigenvalue weighted by atomic mass is 16.5. The third kappa shape index (κ3) is 3.07. The van der Waals surface area contributed by atoms with Gasteiger partial charge in [-0.25, -0.2) is 0 Å². The topological polar surface area (TPSA) is 42.2 Å². The Morgan fingerprint density at radius 2 is 1.83 bits per heavy atom. The fourth-order valence-electron chi connectivity index (χ4n) is 1.55. The summed E-state index contributed by atoms with van der Waals surface area (Å²) in [6, 6.07) is 12.8. The molecule has 4 nitrogen and oxygen atoms in total. The van der Waals surface area contributed by atoms with Crippen molar-refractivity contribution in [3.05, 3.63) is 60.4 Å². The fourth-order valence-corrected chi connectivity index (χ4v) is 1.55. The molecule has 4 heteroatoms. The van der Waals surface area contributed by atoms with E-state index in [9.17, 15) is 4.79 Å². The molecule has 0 spiro atoms. The minimum Gasteiger partial charge on any atom is -0.497 e. The van der Waals surface area contributed by atoms with E-state index in [0.29, 0.717) is 12.2 Å². The normalized spacial score (nSPS) is 9.83. The molecule has 0 saturated heterocycles. The lowest BCUT2D eigenvalue weighted by atomic mass is 10.2. The van der Waals surface area contributed by atoms with Crippen LogP contribution in [0.5, 0.6) is 5.75 Å². The average molecular weight is 243 g/mol. The van der Waals surface area contributed by atoms with Crippen LogP contribution >= 0.6 is 0 Å². The largest absolute Gasteiger partial charge is 0.497 e. The maximum absolute atomic E-state index is 11.9. The molecule has 1 amide bonds. The predicted octanol–water partition coefficient (Wildman–Crippen LogP) is 1.37. The van der Waals surface area contributed by atoms with Gasteiger partial charge in [0, 0.05) is 17.7 Å². The third-order valence-corrected chi connectivity index (χ3v) is 2.55. The lowest BCUT2D eigenvalue weighted by molar-refractivity contribution is -0.699. The molecule has 2 aromatic rings. The van der Waals surface area contributed by atoms with E-state index < -0.39 is 0 Å². The molecule has 18 heavy (non-hydrogen) atoms. The smallest absolute Gasteiger partial charge is 0.256 e. The number of nitrogens with zero attached hydrogens (tertiary/aromatic N) is 1. The van der Waals surface area contributed by atoms with Gasteiger partial charge in [-0.2, -0.15) is 4.57 Å². The summed E-state index contributed by atoms with van der Waals surface area (Å²) in [5, 5.41) is 2.84. The van der Waals surface area contributed by atoms with Crippen LogP contribution in [0, 0.1) is 0 Å². The first-order valence-corrected chi connectivity index (χ1v) is 5.66. The molecule has 1 aromatic carbocycles. The summed E-state index contributed by atoms with van der Waals surface area (Å²) in [6.45, 7) is 0.450. The molecule has 0 bridgehead atoms. The highest BCUT2D eigenvalue weighted by Crippen LogP contribution is 2.10. The lowest BCUT2D eigenvalue weighted by Gasteiger charge is -2.03. The van der Waals surface area contributed by atoms with Crippen molar-refractivity contribution in [1.29, 1.82) is 0 Å². The van der Waals surface area contributed by atoms with Gasteiger partial charge in [0.15, 0.2) is 12.4 Å². The Labute approximate surface area is 106 Å². The van der Waals surface area contributed by atoms with Crippen molar-refractivity contribution in [3.63, 3.8) is 0 Å². The van der Waals surface area contributed by atoms with Crippen LogP contribution in [0.4, 0.5) is 0 Å². The Bertz CT molecular complexity index is 509. The van der Waals surface area contributed by atoms with Crippen LogP contribution in [0.15, 0.2) is 54.9 Å². The molecule has 1 aromatic heterocycles. The van der Waals surface area contributed by atoms with Gasteiger partial charge in [-0.3, -0.25) is 10.1 Å². The second-order valence-corrected chi connectivity index (χ2v) is 3.78. The lowest BCUT2D eigenvalue weighted by Crippen LogP contribution is -2.42. The number of pyridine rings is 1. The highest BCUT2D eigenvalue weighted by Gasteiger charge is 2.07. The number of carbonyl (C=O) groups is 1. The van der Waals surface area contributed by atoms with Crippen LogP contribution in [-0.4, -0.2) is 13.0 Å². The minimum absolute atomic E-state index is 0.103. The summed E-state index contributed by atoms with van der Waals surface area (Å²) in [5.41, 5.74) is 0.618. The Morgan fingerprint density at radius 3 is 2.44 bits per heavy atom. The molecule has 0 fully saturated rings. The molecule has 92 valence electrons. The van der Waals surface area contributed by atoms with E-state index in [2.05, 4.69) is 5.32 Å². The van der Waals surface area contributed by atoms with Crippen LogP contribution in [-0.2, 0) is 6.67 Å². The SMILES string of the molecule is COc1ccc(C(=O)NC[n+]2ccccc2)cc1. The molecule has 0 unspecified atom stereocenters. The third-order valence-electron chi connectivity index (χ3n) is 2.55. The Morgan fingerprint density at radius 1 is 1.17 bits per heavy atom. The standard InChI is InChI=1S/C14H14N2O2/c1-18-13-7-5-12(6-8-13)14(17)15-11-16-9-3-2-4-10-16/h2-10H,11H2,1H3/p+1. The molecule has 0 aliphatic carbocycles. The maximum atomic E-state index is 11.9. The first kappa shape index (κ1) is 12.1. The van der Waals surface area contributed by atoms with E-state index in [0.717, 1.165) is 5.75 Å². The van der Waals surface area contributed by atoms with Gasteiger partial charge < -0.3 is 4.74 Å². The van der Waals surface area contributed by atoms with E-state index >= 15 is 0 Å². The molecule has 2 rings (SSSR count). The predicted molar refractivity (Wildman–Crippen MR) is 67.1 cm³/mol. The second-order valence-electron chi connectivity index (χ2n) is 3.78. The molecule has 0 aliphatic heterocycles. The Balaban J connectivity index is 1.95. The second kappa shape index (κ2) is 5.82. The van der Waals surface area contributed by atoms with Gasteiger partial charge in [0.25, 0.3) is 5.91 Å². The van der Waals surface area contributed by atoms with Crippen molar-refractivity contribution >= 4 is 5.91 Å². The van der Waals surface area contributed by atoms with Gasteiger partial charge in [-0.15, -0.1) is 0 Å². The molecule has 0 aliphatic rings. The van der Waals surface area contributed by atoms with Gasteiger partial charge in [-0.05, 0) is 24.3 Å². The molecule has 0 saturated carbocycles. The maximum Gasteiger partial charge on any atom is 0.256 e. The van der Waals surface area contributed by atoms with Crippen LogP contribution in [0.25, 0.3) is 0 Å². The molecular formula is C14H15N2O2+. The highest BCUT2D eigenvalue weighted by molar-refractivity contribution is 5.93. The van der Waals surface area contributed by atoms with Crippen molar-refractivity contribution in [2.75, 3.05) is 7.11 Å². The van der Waals surface area contributed by atoms with Crippen molar-refractivity contribution in [2.24, 2.45) is 0 Å². The van der Waals surface area contributed by atoms with Crippen LogP contribution in [0.2, 0.25) is 0 Å². The summed E-state index contributed by atoms with van der Waals surface area (Å²) in [4.78, 5) is 11.9. The van der Waals surface area contributed by atoms with E-state index in [1.165, 1.54) is 0 Å². The van der Waals surface area contributed by atoms with Crippen LogP contribution < -0.4 is 14.6 Å². The zero-order valence-electron chi connectivity index (χ0n) is 10.2. The minimum atomic E-state index is -0.103. The van der Waals surface area contributed by atoms with E-state index in [4.69, 9.17) is 4.74 Å². The molecule has 0 radical (unpaired) electrons. The summed E-state index contributed by atoms with van der Waals surface area (Å²) >= 11 is 0. The molecule has 1 N–H and O–H groups in total. The van der Waals surface area contributed by atoms with Crippen LogP contribution in [0.3, 0.4) is 0 Å². The van der Waals surface area contributed by atoms with Crippen LogP contribution in [0.1, 0.15) is 10.4 Å². The number of hydrogen-bond donors (Lipinski definition) is 1. The average Bonchev–Trinajstić information content (AvgIpc) is 2.46. The first-order chi connectivity index (χ1) is 8.79. The number of nitrogens with one attached hydrogen (secondary N) is 1. The molecular weight excluding hydrogens is 228 g/mol. The summed E-state index contributed by atoms with van der Waals surface area (Å²) in [6.07, 6.45) is 3.79. The summed E-state index contributed by atoms with van der Waals surface area (Å²) in [5.74, 6) is 0.637. The summed E-state index contributed by atoms with van der Waals surface area (Å²) < 4.78 is 6.93. The number of carbonyl (C=O) groups excluding carboxylic acids is 1. The number of methoxy groups -OCH3 is 1. The Kier molecular flexibility index (Phi) is 3.91. The number of rotatable bonds is 4. The van der Waals surface area contributed by atoms with Gasteiger partial charge >= 0.3 is 0 Å². The van der Waals surface area contributed by atoms with Crippen molar-refractivity contribution in [3.8, 4) is 5.75 Å². The number of hydrogen-bond acceptors (Lipinski definition) is 2. The van der Waals surface area contributed by atoms with Gasteiger partial charge in [0.05, 0.1) is 7.11 Å². The Hall–Kier alpha value is -2.36. The van der Waals surface area contributed by atoms with Crippen molar-refractivity contribution in [2.45, 2.75) is 6.67 Å². The zero-order chi connectivity index (χ0) is 12.8. The zero-order valence-corrected chi connectivity index (χ0v) is 10.2. The summed E-state index contributed by atoms with van der Waals surface area (Å²) in [7, 11) is 1.60. The van der Waals surface area contributed by atoms with Crippen molar-refractivity contribution < 1.29 is 14.1 Å². The van der Waals surface area contributed by atoms with E-state index in [-0.39, 0.29) is 5.91 Å².